The molecule has 0 fully saturated rings. The summed E-state index contributed by atoms with van der Waals surface area (Å²) in [6.45, 7) is 0. The maximum absolute atomic E-state index is 13.4. The van der Waals surface area contributed by atoms with E-state index in [0.29, 0.717) is 4.90 Å². The molecule has 0 saturated heterocycles. The lowest BCUT2D eigenvalue weighted by molar-refractivity contribution is -0.139. The van der Waals surface area contributed by atoms with Gasteiger partial charge in [-0.3, -0.25) is 0 Å². The van der Waals surface area contributed by atoms with Gasteiger partial charge in [0.15, 0.2) is 0 Å². The van der Waals surface area contributed by atoms with E-state index in [9.17, 15) is 22.7 Å². The van der Waals surface area contributed by atoms with Crippen molar-refractivity contribution >= 4 is 11.8 Å². The van der Waals surface area contributed by atoms with Gasteiger partial charge in [0.2, 0.25) is 0 Å². The van der Waals surface area contributed by atoms with Crippen molar-refractivity contribution in [3.63, 3.8) is 0 Å². The van der Waals surface area contributed by atoms with Crippen molar-refractivity contribution in [2.24, 2.45) is 0 Å². The third-order valence-electron chi connectivity index (χ3n) is 2.86. The fraction of sp³-hybridized carbons (Fsp3) is 0.200. The van der Waals surface area contributed by atoms with Crippen LogP contribution < -0.4 is 0 Å². The van der Waals surface area contributed by atoms with E-state index >= 15 is 0 Å². The van der Waals surface area contributed by atoms with Crippen molar-refractivity contribution in [3.8, 4) is 0 Å². The van der Waals surface area contributed by atoms with E-state index in [-0.39, 0.29) is 11.3 Å². The van der Waals surface area contributed by atoms with Crippen molar-refractivity contribution in [2.75, 3.05) is 5.75 Å². The SMILES string of the molecule is OC(CSc1ccccc1F)c1ccccc1C(F)(F)F. The molecule has 2 rings (SSSR count). The molecule has 2 aromatic rings. The predicted octanol–water partition coefficient (Wildman–Crippen LogP) is 4.67. The van der Waals surface area contributed by atoms with Crippen molar-refractivity contribution in [2.45, 2.75) is 17.2 Å². The molecule has 0 heterocycles. The Bertz CT molecular complexity index is 613. The lowest BCUT2D eigenvalue weighted by atomic mass is 10.0. The number of rotatable bonds is 4. The summed E-state index contributed by atoms with van der Waals surface area (Å²) >= 11 is 0.977. The van der Waals surface area contributed by atoms with Crippen LogP contribution in [0.2, 0.25) is 0 Å². The van der Waals surface area contributed by atoms with Gasteiger partial charge in [0.05, 0.1) is 11.7 Å². The van der Waals surface area contributed by atoms with E-state index in [1.54, 1.807) is 6.07 Å². The van der Waals surface area contributed by atoms with Gasteiger partial charge >= 0.3 is 6.18 Å². The zero-order valence-electron chi connectivity index (χ0n) is 10.8. The molecule has 0 amide bonds. The fourth-order valence-electron chi connectivity index (χ4n) is 1.87. The zero-order chi connectivity index (χ0) is 15.5. The molecule has 1 atom stereocenters. The molecule has 112 valence electrons. The van der Waals surface area contributed by atoms with Crippen LogP contribution in [0.15, 0.2) is 53.4 Å². The summed E-state index contributed by atoms with van der Waals surface area (Å²) in [7, 11) is 0. The smallest absolute Gasteiger partial charge is 0.388 e. The van der Waals surface area contributed by atoms with Gasteiger partial charge in [0.25, 0.3) is 0 Å². The van der Waals surface area contributed by atoms with Crippen LogP contribution in [0, 0.1) is 5.82 Å². The molecule has 0 radical (unpaired) electrons. The fourth-order valence-corrected chi connectivity index (χ4v) is 2.76. The molecule has 0 saturated carbocycles. The van der Waals surface area contributed by atoms with Gasteiger partial charge in [-0.1, -0.05) is 30.3 Å². The number of aliphatic hydroxyl groups excluding tert-OH is 1. The van der Waals surface area contributed by atoms with E-state index in [2.05, 4.69) is 0 Å². The summed E-state index contributed by atoms with van der Waals surface area (Å²) in [6.07, 6.45) is -5.85. The Morgan fingerprint density at radius 3 is 2.29 bits per heavy atom. The quantitative estimate of drug-likeness (QED) is 0.653. The molecule has 1 N–H and O–H groups in total. The number of benzene rings is 2. The van der Waals surface area contributed by atoms with Gasteiger partial charge in [0, 0.05) is 10.6 Å². The van der Waals surface area contributed by atoms with Crippen LogP contribution in [0.5, 0.6) is 0 Å². The Morgan fingerprint density at radius 2 is 1.62 bits per heavy atom. The summed E-state index contributed by atoms with van der Waals surface area (Å²) in [5, 5.41) is 9.97. The largest absolute Gasteiger partial charge is 0.416 e. The third kappa shape index (κ3) is 3.98. The molecule has 2 aromatic carbocycles. The highest BCUT2D eigenvalue weighted by atomic mass is 32.2. The Labute approximate surface area is 123 Å². The average Bonchev–Trinajstić information content (AvgIpc) is 2.45. The average molecular weight is 316 g/mol. The predicted molar refractivity (Wildman–Crippen MR) is 73.5 cm³/mol. The monoisotopic (exact) mass is 316 g/mol. The lowest BCUT2D eigenvalue weighted by Crippen LogP contribution is -2.13. The lowest BCUT2D eigenvalue weighted by Gasteiger charge is -2.17. The molecule has 0 aliphatic carbocycles. The summed E-state index contributed by atoms with van der Waals surface area (Å²) in [5.41, 5.74) is -1.07. The van der Waals surface area contributed by atoms with Crippen molar-refractivity contribution in [1.82, 2.24) is 0 Å². The number of alkyl halides is 3. The minimum absolute atomic E-state index is 0.0615. The first-order valence-electron chi connectivity index (χ1n) is 6.11. The molecular formula is C15H12F4OS. The van der Waals surface area contributed by atoms with Crippen LogP contribution in [-0.2, 0) is 6.18 Å². The number of hydrogen-bond acceptors (Lipinski definition) is 2. The number of aliphatic hydroxyl groups is 1. The molecule has 0 aromatic heterocycles. The number of halogens is 4. The molecule has 1 nitrogen and oxygen atoms in total. The van der Waals surface area contributed by atoms with Crippen LogP contribution in [0.3, 0.4) is 0 Å². The van der Waals surface area contributed by atoms with E-state index in [1.807, 2.05) is 0 Å². The summed E-state index contributed by atoms with van der Waals surface area (Å²) < 4.78 is 52.0. The second-order valence-corrected chi connectivity index (χ2v) is 5.40. The zero-order valence-corrected chi connectivity index (χ0v) is 11.6. The highest BCUT2D eigenvalue weighted by molar-refractivity contribution is 7.99. The highest BCUT2D eigenvalue weighted by Crippen LogP contribution is 2.36. The van der Waals surface area contributed by atoms with E-state index < -0.39 is 23.7 Å². The Morgan fingerprint density at radius 1 is 1.00 bits per heavy atom. The third-order valence-corrected chi connectivity index (χ3v) is 3.98. The molecule has 0 aliphatic heterocycles. The van der Waals surface area contributed by atoms with Gasteiger partial charge < -0.3 is 5.11 Å². The molecule has 6 heteroatoms. The second-order valence-electron chi connectivity index (χ2n) is 4.34. The first kappa shape index (κ1) is 15.9. The summed E-state index contributed by atoms with van der Waals surface area (Å²) in [6, 6.07) is 10.8. The molecule has 0 bridgehead atoms. The van der Waals surface area contributed by atoms with Crippen molar-refractivity contribution < 1.29 is 22.7 Å². The van der Waals surface area contributed by atoms with Crippen LogP contribution in [0.1, 0.15) is 17.2 Å². The molecule has 0 aliphatic rings. The van der Waals surface area contributed by atoms with Gasteiger partial charge in [0.1, 0.15) is 5.82 Å². The van der Waals surface area contributed by atoms with Crippen LogP contribution in [0.4, 0.5) is 17.6 Å². The second kappa shape index (κ2) is 6.49. The van der Waals surface area contributed by atoms with Crippen molar-refractivity contribution in [3.05, 3.63) is 65.5 Å². The highest BCUT2D eigenvalue weighted by Gasteiger charge is 2.34. The van der Waals surface area contributed by atoms with Gasteiger partial charge in [-0.15, -0.1) is 11.8 Å². The first-order chi connectivity index (χ1) is 9.89. The van der Waals surface area contributed by atoms with Crippen LogP contribution in [0.25, 0.3) is 0 Å². The van der Waals surface area contributed by atoms with E-state index in [0.717, 1.165) is 17.8 Å². The number of thioether (sulfide) groups is 1. The standard InChI is InChI=1S/C15H12F4OS/c16-12-7-3-4-8-14(12)21-9-13(20)10-5-1-2-6-11(10)15(17,18)19/h1-8,13,20H,9H2. The Balaban J connectivity index is 2.15. The van der Waals surface area contributed by atoms with Crippen LogP contribution in [-0.4, -0.2) is 10.9 Å². The molecule has 0 spiro atoms. The van der Waals surface area contributed by atoms with Gasteiger partial charge in [-0.05, 0) is 23.8 Å². The van der Waals surface area contributed by atoms with E-state index in [1.165, 1.54) is 36.4 Å². The summed E-state index contributed by atoms with van der Waals surface area (Å²) in [4.78, 5) is 0.293. The van der Waals surface area contributed by atoms with E-state index in [4.69, 9.17) is 0 Å². The normalized spacial score (nSPS) is 13.2. The topological polar surface area (TPSA) is 20.2 Å². The molecule has 21 heavy (non-hydrogen) atoms. The van der Waals surface area contributed by atoms with Gasteiger partial charge in [-0.25, -0.2) is 4.39 Å². The first-order valence-corrected chi connectivity index (χ1v) is 7.09. The Kier molecular flexibility index (Phi) is 4.90. The maximum Gasteiger partial charge on any atom is 0.416 e. The molecule has 1 unspecified atom stereocenters. The number of hydrogen-bond donors (Lipinski definition) is 1. The maximum atomic E-state index is 13.4. The molecular weight excluding hydrogens is 304 g/mol. The Hall–Kier alpha value is -1.53. The minimum atomic E-state index is -4.53. The summed E-state index contributed by atoms with van der Waals surface area (Å²) in [5.74, 6) is -0.521. The minimum Gasteiger partial charge on any atom is -0.388 e. The van der Waals surface area contributed by atoms with Crippen molar-refractivity contribution in [1.29, 1.82) is 0 Å². The van der Waals surface area contributed by atoms with Crippen LogP contribution >= 0.6 is 11.8 Å². The van der Waals surface area contributed by atoms with Gasteiger partial charge in [-0.2, -0.15) is 13.2 Å².